The van der Waals surface area contributed by atoms with E-state index in [0.717, 1.165) is 12.8 Å². The van der Waals surface area contributed by atoms with Gasteiger partial charge in [-0.25, -0.2) is 15.0 Å². The maximum Gasteiger partial charge on any atom is 0.301 e. The van der Waals surface area contributed by atoms with Gasteiger partial charge < -0.3 is 0 Å². The molecule has 0 atom stereocenters. The Bertz CT molecular complexity index is 437. The Balaban J connectivity index is 1.83. The molecular weight excluding hydrogens is 236 g/mol. The molecule has 0 aromatic carbocycles. The normalized spacial score (nSPS) is 17.7. The molecule has 0 aromatic rings. The molecule has 0 aliphatic carbocycles. The number of carbonyl (C=O) groups is 1. The molecule has 0 spiro atoms. The molecule has 2 heterocycles. The zero-order valence-electron chi connectivity index (χ0n) is 9.72. The highest BCUT2D eigenvalue weighted by Crippen LogP contribution is 2.11. The van der Waals surface area contributed by atoms with Crippen LogP contribution in [0.15, 0.2) is 20.0 Å². The number of thioether (sulfide) groups is 1. The van der Waals surface area contributed by atoms with Crippen molar-refractivity contribution in [2.45, 2.75) is 25.7 Å². The van der Waals surface area contributed by atoms with Gasteiger partial charge in [-0.3, -0.25) is 4.79 Å². The first kappa shape index (κ1) is 12.2. The fourth-order valence-corrected chi connectivity index (χ4v) is 2.12. The lowest BCUT2D eigenvalue weighted by atomic mass is 10.2. The summed E-state index contributed by atoms with van der Waals surface area (Å²) in [5.41, 5.74) is 0.298. The predicted molar refractivity (Wildman–Crippen MR) is 72.7 cm³/mol. The Morgan fingerprint density at radius 1 is 1.24 bits per heavy atom. The molecule has 2 aliphatic heterocycles. The van der Waals surface area contributed by atoms with Gasteiger partial charge in [0.25, 0.3) is 0 Å². The van der Waals surface area contributed by atoms with Crippen molar-refractivity contribution >= 4 is 41.4 Å². The van der Waals surface area contributed by atoms with Gasteiger partial charge >= 0.3 is 5.91 Å². The van der Waals surface area contributed by atoms with E-state index in [9.17, 15) is 4.79 Å². The second-order valence-corrected chi connectivity index (χ2v) is 4.78. The Hall–Kier alpha value is -1.30. The quantitative estimate of drug-likeness (QED) is 0.674. The molecule has 0 bridgehead atoms. The molecule has 0 aromatic heterocycles. The predicted octanol–water partition coefficient (Wildman–Crippen LogP) is 1.73. The van der Waals surface area contributed by atoms with Gasteiger partial charge in [0.1, 0.15) is 12.2 Å². The van der Waals surface area contributed by atoms with Crippen LogP contribution in [0.2, 0.25) is 0 Å². The van der Waals surface area contributed by atoms with Crippen molar-refractivity contribution in [2.75, 3.05) is 12.0 Å². The van der Waals surface area contributed by atoms with Gasteiger partial charge in [0, 0.05) is 6.42 Å². The SMILES string of the molecule is CSCCCCCC1=NC2=NC=NC(=O)C2=N1. The van der Waals surface area contributed by atoms with Crippen LogP contribution in [0.1, 0.15) is 25.7 Å². The largest absolute Gasteiger partial charge is 0.301 e. The van der Waals surface area contributed by atoms with Crippen LogP contribution >= 0.6 is 11.8 Å². The molecule has 2 aliphatic rings. The Labute approximate surface area is 104 Å². The van der Waals surface area contributed by atoms with E-state index >= 15 is 0 Å². The number of aliphatic imine (C=N–C) groups is 4. The number of amides is 1. The molecular formula is C11H14N4OS. The van der Waals surface area contributed by atoms with Crippen LogP contribution in [0.4, 0.5) is 0 Å². The zero-order valence-corrected chi connectivity index (χ0v) is 10.5. The molecule has 1 amide bonds. The average molecular weight is 250 g/mol. The van der Waals surface area contributed by atoms with Crippen molar-refractivity contribution in [1.82, 2.24) is 0 Å². The van der Waals surface area contributed by atoms with Crippen molar-refractivity contribution in [2.24, 2.45) is 20.0 Å². The lowest BCUT2D eigenvalue weighted by Crippen LogP contribution is -2.21. The topological polar surface area (TPSA) is 66.5 Å². The van der Waals surface area contributed by atoms with Crippen LogP contribution in [-0.2, 0) is 4.79 Å². The van der Waals surface area contributed by atoms with Gasteiger partial charge in [-0.05, 0) is 24.9 Å². The standard InChI is InChI=1S/C11H14N4OS/c1-17-6-4-2-3-5-8-14-9-10(15-8)12-7-13-11(9)16/h7H,2-6H2,1H3. The fraction of sp³-hybridized carbons (Fsp3) is 0.545. The van der Waals surface area contributed by atoms with E-state index in [1.165, 1.54) is 24.9 Å². The second kappa shape index (κ2) is 5.86. The number of hydrogen-bond acceptors (Lipinski definition) is 5. The van der Waals surface area contributed by atoms with E-state index in [4.69, 9.17) is 0 Å². The molecule has 17 heavy (non-hydrogen) atoms. The molecule has 0 saturated carbocycles. The minimum absolute atomic E-state index is 0.298. The van der Waals surface area contributed by atoms with Gasteiger partial charge in [0.05, 0.1) is 0 Å². The number of hydrogen-bond donors (Lipinski definition) is 0. The zero-order chi connectivity index (χ0) is 12.1. The highest BCUT2D eigenvalue weighted by Gasteiger charge is 2.25. The summed E-state index contributed by atoms with van der Waals surface area (Å²) in [7, 11) is 0. The second-order valence-electron chi connectivity index (χ2n) is 3.79. The number of unbranched alkanes of at least 4 members (excludes halogenated alkanes) is 2. The molecule has 2 rings (SSSR count). The van der Waals surface area contributed by atoms with Gasteiger partial charge in [0.15, 0.2) is 11.5 Å². The van der Waals surface area contributed by atoms with E-state index in [0.29, 0.717) is 17.4 Å². The average Bonchev–Trinajstić information content (AvgIpc) is 2.73. The summed E-state index contributed by atoms with van der Waals surface area (Å²) in [4.78, 5) is 27.3. The van der Waals surface area contributed by atoms with Gasteiger partial charge in [-0.1, -0.05) is 6.42 Å². The van der Waals surface area contributed by atoms with E-state index < -0.39 is 0 Å². The minimum Gasteiger partial charge on any atom is -0.265 e. The van der Waals surface area contributed by atoms with Gasteiger partial charge in [-0.2, -0.15) is 16.8 Å². The van der Waals surface area contributed by atoms with Crippen molar-refractivity contribution in [3.8, 4) is 0 Å². The van der Waals surface area contributed by atoms with Crippen LogP contribution in [0.25, 0.3) is 0 Å². The van der Waals surface area contributed by atoms with Crippen LogP contribution in [0.5, 0.6) is 0 Å². The monoisotopic (exact) mass is 250 g/mol. The smallest absolute Gasteiger partial charge is 0.265 e. The summed E-state index contributed by atoms with van der Waals surface area (Å²) in [6, 6.07) is 0. The first-order chi connectivity index (χ1) is 8.31. The Kier molecular flexibility index (Phi) is 4.19. The molecule has 0 N–H and O–H groups in total. The molecule has 90 valence electrons. The molecule has 0 radical (unpaired) electrons. The minimum atomic E-state index is -0.337. The van der Waals surface area contributed by atoms with E-state index in [1.807, 2.05) is 11.8 Å². The van der Waals surface area contributed by atoms with Crippen molar-refractivity contribution in [3.63, 3.8) is 0 Å². The highest BCUT2D eigenvalue weighted by atomic mass is 32.2. The van der Waals surface area contributed by atoms with Crippen LogP contribution in [0.3, 0.4) is 0 Å². The number of rotatable bonds is 6. The summed E-state index contributed by atoms with van der Waals surface area (Å²) >= 11 is 1.86. The van der Waals surface area contributed by atoms with Crippen molar-refractivity contribution < 1.29 is 4.79 Å². The number of amidine groups is 2. The number of fused-ring (bicyclic) bond motifs is 1. The summed E-state index contributed by atoms with van der Waals surface area (Å²) in [5.74, 6) is 1.99. The molecule has 0 fully saturated rings. The van der Waals surface area contributed by atoms with Gasteiger partial charge in [0.2, 0.25) is 0 Å². The maximum atomic E-state index is 11.4. The summed E-state index contributed by atoms with van der Waals surface area (Å²) in [6.45, 7) is 0. The molecule has 5 nitrogen and oxygen atoms in total. The Morgan fingerprint density at radius 3 is 2.88 bits per heavy atom. The molecule has 0 saturated heterocycles. The van der Waals surface area contributed by atoms with Crippen LogP contribution in [0, 0.1) is 0 Å². The Morgan fingerprint density at radius 2 is 2.12 bits per heavy atom. The molecule has 6 heteroatoms. The third kappa shape index (κ3) is 3.09. The lowest BCUT2D eigenvalue weighted by molar-refractivity contribution is -0.111. The first-order valence-electron chi connectivity index (χ1n) is 5.61. The fourth-order valence-electron chi connectivity index (χ4n) is 1.63. The van der Waals surface area contributed by atoms with Crippen LogP contribution in [-0.4, -0.2) is 41.6 Å². The first-order valence-corrected chi connectivity index (χ1v) is 7.01. The number of carbonyl (C=O) groups excluding carboxylic acids is 1. The van der Waals surface area contributed by atoms with E-state index in [-0.39, 0.29) is 5.91 Å². The van der Waals surface area contributed by atoms with Crippen molar-refractivity contribution in [1.29, 1.82) is 0 Å². The third-order valence-corrected chi connectivity index (χ3v) is 3.19. The van der Waals surface area contributed by atoms with E-state index in [2.05, 4.69) is 26.2 Å². The number of nitrogens with zero attached hydrogens (tertiary/aromatic N) is 4. The third-order valence-electron chi connectivity index (χ3n) is 2.49. The molecule has 0 unspecified atom stereocenters. The summed E-state index contributed by atoms with van der Waals surface area (Å²) in [6.07, 6.45) is 7.60. The van der Waals surface area contributed by atoms with Crippen LogP contribution < -0.4 is 0 Å². The van der Waals surface area contributed by atoms with Crippen molar-refractivity contribution in [3.05, 3.63) is 0 Å². The summed E-state index contributed by atoms with van der Waals surface area (Å²) in [5, 5.41) is 0. The van der Waals surface area contributed by atoms with Gasteiger partial charge in [-0.15, -0.1) is 0 Å². The maximum absolute atomic E-state index is 11.4. The summed E-state index contributed by atoms with van der Waals surface area (Å²) < 4.78 is 0. The lowest BCUT2D eigenvalue weighted by Gasteiger charge is -1.97. The van der Waals surface area contributed by atoms with E-state index in [1.54, 1.807) is 0 Å². The highest BCUT2D eigenvalue weighted by molar-refractivity contribution is 7.98.